The highest BCUT2D eigenvalue weighted by Crippen LogP contribution is 2.33. The van der Waals surface area contributed by atoms with Gasteiger partial charge in [-0.1, -0.05) is 41.9 Å². The Labute approximate surface area is 220 Å². The third-order valence-corrected chi connectivity index (χ3v) is 6.69. The van der Waals surface area contributed by atoms with Crippen molar-refractivity contribution in [1.29, 1.82) is 0 Å². The Balaban J connectivity index is 1.80. The number of ether oxygens (including phenoxy) is 2. The van der Waals surface area contributed by atoms with Crippen LogP contribution in [0.2, 0.25) is 5.02 Å². The number of nitrogens with zero attached hydrogens (tertiary/aromatic N) is 1. The van der Waals surface area contributed by atoms with E-state index >= 15 is 0 Å². The minimum absolute atomic E-state index is 0.0664. The second-order valence-electron chi connectivity index (χ2n) is 8.92. The number of hydrogen-bond acceptors (Lipinski definition) is 6. The van der Waals surface area contributed by atoms with Crippen LogP contribution in [0.1, 0.15) is 54.2 Å². The minimum Gasteiger partial charge on any atom is -0.491 e. The number of hydrogen-bond donors (Lipinski definition) is 2. The molecule has 1 unspecified atom stereocenters. The molecule has 0 spiro atoms. The summed E-state index contributed by atoms with van der Waals surface area (Å²) in [6.45, 7) is 9.44. The summed E-state index contributed by atoms with van der Waals surface area (Å²) in [6.07, 6.45) is -1.05. The first-order chi connectivity index (χ1) is 17.0. The molecule has 1 atom stereocenters. The first kappa shape index (κ1) is 27.6. The predicted molar refractivity (Wildman–Crippen MR) is 142 cm³/mol. The molecule has 36 heavy (non-hydrogen) atoms. The molecule has 1 amide bonds. The number of benzene rings is 2. The molecule has 0 aliphatic heterocycles. The van der Waals surface area contributed by atoms with Gasteiger partial charge in [-0.15, -0.1) is 11.3 Å². The van der Waals surface area contributed by atoms with Crippen LogP contribution in [0.4, 0.5) is 0 Å². The molecule has 0 fully saturated rings. The van der Waals surface area contributed by atoms with Crippen molar-refractivity contribution in [3.05, 3.63) is 69.2 Å². The summed E-state index contributed by atoms with van der Waals surface area (Å²) in [5, 5.41) is 13.7. The Kier molecular flexibility index (Phi) is 9.48. The van der Waals surface area contributed by atoms with Gasteiger partial charge in [0, 0.05) is 24.1 Å². The third kappa shape index (κ3) is 7.29. The molecule has 3 rings (SSSR count). The van der Waals surface area contributed by atoms with Crippen LogP contribution in [0.15, 0.2) is 42.5 Å². The lowest BCUT2D eigenvalue weighted by Crippen LogP contribution is -2.29. The molecule has 7 nitrogen and oxygen atoms in total. The zero-order valence-corrected chi connectivity index (χ0v) is 22.6. The lowest BCUT2D eigenvalue weighted by Gasteiger charge is -2.19. The number of thiazole rings is 1. The van der Waals surface area contributed by atoms with Gasteiger partial charge in [0.05, 0.1) is 22.9 Å². The molecule has 1 aromatic heterocycles. The largest absolute Gasteiger partial charge is 0.491 e. The van der Waals surface area contributed by atoms with E-state index in [-0.39, 0.29) is 31.1 Å². The van der Waals surface area contributed by atoms with Crippen molar-refractivity contribution in [2.75, 3.05) is 0 Å². The molecule has 192 valence electrons. The van der Waals surface area contributed by atoms with E-state index in [9.17, 15) is 14.7 Å². The highest BCUT2D eigenvalue weighted by molar-refractivity contribution is 7.17. The third-order valence-electron chi connectivity index (χ3n) is 5.17. The van der Waals surface area contributed by atoms with E-state index in [0.29, 0.717) is 26.4 Å². The second-order valence-corrected chi connectivity index (χ2v) is 10.3. The Morgan fingerprint density at radius 1 is 1.11 bits per heavy atom. The van der Waals surface area contributed by atoms with Gasteiger partial charge in [-0.25, -0.2) is 9.78 Å². The second kappa shape index (κ2) is 12.3. The van der Waals surface area contributed by atoms with Crippen molar-refractivity contribution in [2.24, 2.45) is 0 Å². The zero-order chi connectivity index (χ0) is 26.4. The van der Waals surface area contributed by atoms with Crippen LogP contribution >= 0.6 is 22.9 Å². The number of nitrogens with one attached hydrogen (secondary N) is 1. The SMILES string of the molecule is Cc1nc(-c2ccccc2Cl)sc1C(=O)NCc1cc(CC(OC(C)C)C(=O)O)ccc1OC(C)C. The predicted octanol–water partition coefficient (Wildman–Crippen LogP) is 5.91. The van der Waals surface area contributed by atoms with Crippen molar-refractivity contribution in [3.8, 4) is 16.3 Å². The molecule has 9 heteroatoms. The van der Waals surface area contributed by atoms with Crippen LogP contribution in [0.3, 0.4) is 0 Å². The minimum atomic E-state index is -1.02. The molecule has 2 aromatic carbocycles. The number of carbonyl (C=O) groups is 2. The topological polar surface area (TPSA) is 97.8 Å². The summed E-state index contributed by atoms with van der Waals surface area (Å²) >= 11 is 7.59. The molecule has 2 N–H and O–H groups in total. The van der Waals surface area contributed by atoms with Crippen LogP contribution in [-0.4, -0.2) is 40.3 Å². The van der Waals surface area contributed by atoms with Crippen molar-refractivity contribution >= 4 is 34.8 Å². The monoisotopic (exact) mass is 530 g/mol. The van der Waals surface area contributed by atoms with E-state index in [1.807, 2.05) is 44.2 Å². The number of aliphatic carboxylic acids is 1. The molecule has 0 saturated heterocycles. The maximum absolute atomic E-state index is 13.1. The highest BCUT2D eigenvalue weighted by Gasteiger charge is 2.22. The van der Waals surface area contributed by atoms with E-state index in [1.165, 1.54) is 11.3 Å². The number of carboxylic acid groups (broad SMARTS) is 1. The Morgan fingerprint density at radius 2 is 1.83 bits per heavy atom. The number of rotatable bonds is 11. The average molecular weight is 531 g/mol. The van der Waals surface area contributed by atoms with Crippen LogP contribution < -0.4 is 10.1 Å². The standard InChI is InChI=1S/C27H31ClN2O5S/c1-15(2)34-22-11-10-18(13-23(27(32)33)35-16(3)4)12-19(22)14-29-25(31)24-17(5)30-26(36-24)20-8-6-7-9-21(20)28/h6-12,15-16,23H,13-14H2,1-5H3,(H,29,31)(H,32,33). The van der Waals surface area contributed by atoms with Gasteiger partial charge >= 0.3 is 5.97 Å². The van der Waals surface area contributed by atoms with Crippen molar-refractivity contribution in [3.63, 3.8) is 0 Å². The Morgan fingerprint density at radius 3 is 2.47 bits per heavy atom. The summed E-state index contributed by atoms with van der Waals surface area (Å²) in [5.41, 5.74) is 2.92. The van der Waals surface area contributed by atoms with Crippen LogP contribution in [-0.2, 0) is 22.5 Å². The number of carbonyl (C=O) groups excluding carboxylic acids is 1. The molecule has 1 heterocycles. The quantitative estimate of drug-likeness (QED) is 0.320. The van der Waals surface area contributed by atoms with Gasteiger partial charge in [-0.05, 0) is 52.3 Å². The molecule has 0 aliphatic rings. The Bertz CT molecular complexity index is 1220. The first-order valence-electron chi connectivity index (χ1n) is 11.7. The lowest BCUT2D eigenvalue weighted by atomic mass is 10.0. The maximum Gasteiger partial charge on any atom is 0.333 e. The smallest absolute Gasteiger partial charge is 0.333 e. The maximum atomic E-state index is 13.1. The number of aryl methyl sites for hydroxylation is 1. The number of carboxylic acids is 1. The van der Waals surface area contributed by atoms with E-state index < -0.39 is 12.1 Å². The normalized spacial score (nSPS) is 12.1. The Hall–Kier alpha value is -2.94. The average Bonchev–Trinajstić information content (AvgIpc) is 3.19. The fourth-order valence-corrected chi connectivity index (χ4v) is 4.92. The molecular weight excluding hydrogens is 500 g/mol. The summed E-state index contributed by atoms with van der Waals surface area (Å²) in [6, 6.07) is 12.9. The summed E-state index contributed by atoms with van der Waals surface area (Å²) in [4.78, 5) is 29.8. The van der Waals surface area contributed by atoms with E-state index in [4.69, 9.17) is 21.1 Å². The lowest BCUT2D eigenvalue weighted by molar-refractivity contribution is -0.153. The summed E-state index contributed by atoms with van der Waals surface area (Å²) < 4.78 is 11.5. The fourth-order valence-electron chi connectivity index (χ4n) is 3.62. The number of halogens is 1. The van der Waals surface area contributed by atoms with Gasteiger partial charge in [-0.3, -0.25) is 4.79 Å². The van der Waals surface area contributed by atoms with Crippen LogP contribution in [0.25, 0.3) is 10.6 Å². The van der Waals surface area contributed by atoms with Gasteiger partial charge in [0.25, 0.3) is 5.91 Å². The molecule has 0 bridgehead atoms. The summed E-state index contributed by atoms with van der Waals surface area (Å²) in [5.74, 6) is -0.643. The molecule has 3 aromatic rings. The van der Waals surface area contributed by atoms with Gasteiger partial charge in [0.2, 0.25) is 0 Å². The van der Waals surface area contributed by atoms with Gasteiger partial charge in [0.15, 0.2) is 6.10 Å². The van der Waals surface area contributed by atoms with Gasteiger partial charge < -0.3 is 19.9 Å². The van der Waals surface area contributed by atoms with Gasteiger partial charge in [-0.2, -0.15) is 0 Å². The van der Waals surface area contributed by atoms with Crippen molar-refractivity contribution in [1.82, 2.24) is 10.3 Å². The molecule has 0 saturated carbocycles. The number of amides is 1. The fraction of sp³-hybridized carbons (Fsp3) is 0.370. The van der Waals surface area contributed by atoms with E-state index in [2.05, 4.69) is 10.3 Å². The molecule has 0 radical (unpaired) electrons. The molecule has 0 aliphatic carbocycles. The van der Waals surface area contributed by atoms with E-state index in [1.54, 1.807) is 32.9 Å². The number of aromatic nitrogens is 1. The van der Waals surface area contributed by atoms with Crippen LogP contribution in [0, 0.1) is 6.92 Å². The zero-order valence-electron chi connectivity index (χ0n) is 21.0. The van der Waals surface area contributed by atoms with Crippen molar-refractivity contribution < 1.29 is 24.2 Å². The first-order valence-corrected chi connectivity index (χ1v) is 12.9. The highest BCUT2D eigenvalue weighted by atomic mass is 35.5. The summed E-state index contributed by atoms with van der Waals surface area (Å²) in [7, 11) is 0. The van der Waals surface area contributed by atoms with Gasteiger partial charge in [0.1, 0.15) is 15.6 Å². The van der Waals surface area contributed by atoms with Crippen LogP contribution in [0.5, 0.6) is 5.75 Å². The van der Waals surface area contributed by atoms with Crippen molar-refractivity contribution in [2.45, 2.75) is 65.9 Å². The molecular formula is C27H31ClN2O5S. The van der Waals surface area contributed by atoms with E-state index in [0.717, 1.165) is 16.7 Å².